The van der Waals surface area contributed by atoms with Crippen LogP contribution in [0.2, 0.25) is 0 Å². The summed E-state index contributed by atoms with van der Waals surface area (Å²) >= 11 is 0.817. The number of carboxylic acid groups (broad SMARTS) is 1. The summed E-state index contributed by atoms with van der Waals surface area (Å²) in [5, 5.41) is 19.2. The number of nitrogens with one attached hydrogen (secondary N) is 1. The van der Waals surface area contributed by atoms with Gasteiger partial charge in [0.25, 0.3) is 15.7 Å². The molecule has 0 aliphatic carbocycles. The molecule has 2 rings (SSSR count). The molecule has 11 heteroatoms. The van der Waals surface area contributed by atoms with Crippen LogP contribution in [-0.4, -0.2) is 29.4 Å². The van der Waals surface area contributed by atoms with Crippen LogP contribution in [0.3, 0.4) is 0 Å². The normalized spacial score (nSPS) is 11.0. The number of nitro groups is 1. The lowest BCUT2D eigenvalue weighted by molar-refractivity contribution is -0.384. The van der Waals surface area contributed by atoms with Gasteiger partial charge in [0.1, 0.15) is 5.00 Å². The van der Waals surface area contributed by atoms with Crippen LogP contribution in [0.15, 0.2) is 34.7 Å². The van der Waals surface area contributed by atoms with Crippen molar-refractivity contribution in [3.05, 3.63) is 45.6 Å². The highest BCUT2D eigenvalue weighted by Crippen LogP contribution is 2.24. The minimum atomic E-state index is -4.05. The number of carbonyl (C=O) groups is 1. The standard InChI is InChI=1S/C10H7N3O6S2/c14-10(15)8-9(20-5-11-8)12-21(18,19)7-3-1-6(2-4-7)13(16)17/h1-5,12H,(H,14,15). The predicted molar refractivity (Wildman–Crippen MR) is 73.0 cm³/mol. The molecule has 0 bridgehead atoms. The van der Waals surface area contributed by atoms with Crippen molar-refractivity contribution in [2.45, 2.75) is 4.90 Å². The second-order valence-electron chi connectivity index (χ2n) is 3.69. The van der Waals surface area contributed by atoms with Gasteiger partial charge in [-0.2, -0.15) is 0 Å². The predicted octanol–water partition coefficient (Wildman–Crippen LogP) is 1.55. The number of sulfonamides is 1. The van der Waals surface area contributed by atoms with Gasteiger partial charge in [0.05, 0.1) is 15.3 Å². The van der Waals surface area contributed by atoms with Crippen molar-refractivity contribution in [3.63, 3.8) is 0 Å². The zero-order valence-electron chi connectivity index (χ0n) is 10.1. The first-order valence-electron chi connectivity index (χ1n) is 5.25. The zero-order chi connectivity index (χ0) is 15.6. The molecule has 0 radical (unpaired) electrons. The number of benzene rings is 1. The fourth-order valence-corrected chi connectivity index (χ4v) is 3.39. The number of hydrogen-bond donors (Lipinski definition) is 2. The highest BCUT2D eigenvalue weighted by atomic mass is 32.2. The van der Waals surface area contributed by atoms with Gasteiger partial charge in [-0.1, -0.05) is 0 Å². The third-order valence-electron chi connectivity index (χ3n) is 2.35. The maximum Gasteiger partial charge on any atom is 0.357 e. The largest absolute Gasteiger partial charge is 0.476 e. The van der Waals surface area contributed by atoms with Crippen LogP contribution < -0.4 is 4.72 Å². The van der Waals surface area contributed by atoms with Crippen LogP contribution >= 0.6 is 11.3 Å². The molecule has 2 aromatic rings. The Morgan fingerprint density at radius 2 is 1.95 bits per heavy atom. The first kappa shape index (κ1) is 14.9. The van der Waals surface area contributed by atoms with Crippen LogP contribution in [0.25, 0.3) is 0 Å². The molecule has 110 valence electrons. The van der Waals surface area contributed by atoms with Gasteiger partial charge in [0, 0.05) is 12.1 Å². The van der Waals surface area contributed by atoms with Gasteiger partial charge in [-0.05, 0) is 12.1 Å². The number of carboxylic acids is 1. The molecule has 0 atom stereocenters. The molecule has 0 fully saturated rings. The summed E-state index contributed by atoms with van der Waals surface area (Å²) in [6.45, 7) is 0. The van der Waals surface area contributed by atoms with E-state index >= 15 is 0 Å². The molecule has 1 heterocycles. The van der Waals surface area contributed by atoms with Crippen molar-refractivity contribution in [1.82, 2.24) is 4.98 Å². The number of non-ortho nitro benzene ring substituents is 1. The van der Waals surface area contributed by atoms with Crippen molar-refractivity contribution >= 4 is 38.0 Å². The average Bonchev–Trinajstić information content (AvgIpc) is 2.86. The summed E-state index contributed by atoms with van der Waals surface area (Å²) in [5.41, 5.74) is 0.528. The number of hydrogen-bond acceptors (Lipinski definition) is 7. The van der Waals surface area contributed by atoms with Gasteiger partial charge >= 0.3 is 5.97 Å². The van der Waals surface area contributed by atoms with Crippen molar-refractivity contribution < 1.29 is 23.2 Å². The Kier molecular flexibility index (Phi) is 3.86. The van der Waals surface area contributed by atoms with E-state index < -0.39 is 26.6 Å². The van der Waals surface area contributed by atoms with Gasteiger partial charge in [0.2, 0.25) is 0 Å². The average molecular weight is 329 g/mol. The van der Waals surface area contributed by atoms with E-state index in [9.17, 15) is 23.3 Å². The van der Waals surface area contributed by atoms with Crippen molar-refractivity contribution in [2.24, 2.45) is 0 Å². The number of aromatic carboxylic acids is 1. The van der Waals surface area contributed by atoms with Crippen LogP contribution in [0, 0.1) is 10.1 Å². The van der Waals surface area contributed by atoms with Gasteiger partial charge in [-0.3, -0.25) is 14.8 Å². The lowest BCUT2D eigenvalue weighted by atomic mass is 10.3. The summed E-state index contributed by atoms with van der Waals surface area (Å²) in [4.78, 5) is 24.0. The molecular formula is C10H7N3O6S2. The SMILES string of the molecule is O=C(O)c1ncsc1NS(=O)(=O)c1ccc([N+](=O)[O-])cc1. The molecule has 0 unspecified atom stereocenters. The molecule has 1 aromatic heterocycles. The molecular weight excluding hydrogens is 322 g/mol. The molecule has 0 spiro atoms. The Bertz CT molecular complexity index is 796. The van der Waals surface area contributed by atoms with E-state index in [1.165, 1.54) is 5.51 Å². The van der Waals surface area contributed by atoms with Crippen LogP contribution in [-0.2, 0) is 10.0 Å². The summed E-state index contributed by atoms with van der Waals surface area (Å²) in [6, 6.07) is 4.20. The Morgan fingerprint density at radius 3 is 2.48 bits per heavy atom. The smallest absolute Gasteiger partial charge is 0.357 e. The third kappa shape index (κ3) is 3.14. The van der Waals surface area contributed by atoms with E-state index in [0.29, 0.717) is 0 Å². The molecule has 1 aromatic carbocycles. The number of thiazole rings is 1. The van der Waals surface area contributed by atoms with Gasteiger partial charge in [0.15, 0.2) is 5.69 Å². The Morgan fingerprint density at radius 1 is 1.33 bits per heavy atom. The van der Waals surface area contributed by atoms with E-state index in [1.54, 1.807) is 0 Å². The Labute approximate surface area is 122 Å². The second kappa shape index (κ2) is 5.46. The summed E-state index contributed by atoms with van der Waals surface area (Å²) in [7, 11) is -4.05. The molecule has 0 aliphatic rings. The Hall–Kier alpha value is -2.53. The van der Waals surface area contributed by atoms with Gasteiger partial charge < -0.3 is 5.11 Å². The molecule has 0 saturated heterocycles. The van der Waals surface area contributed by atoms with E-state index in [4.69, 9.17) is 5.11 Å². The van der Waals surface area contributed by atoms with Crippen LogP contribution in [0.5, 0.6) is 0 Å². The van der Waals surface area contributed by atoms with E-state index in [0.717, 1.165) is 35.6 Å². The highest BCUT2D eigenvalue weighted by Gasteiger charge is 2.21. The minimum Gasteiger partial charge on any atom is -0.476 e. The van der Waals surface area contributed by atoms with E-state index in [-0.39, 0.29) is 15.6 Å². The maximum absolute atomic E-state index is 12.1. The zero-order valence-corrected chi connectivity index (χ0v) is 11.7. The van der Waals surface area contributed by atoms with Crippen LogP contribution in [0.4, 0.5) is 10.7 Å². The lowest BCUT2D eigenvalue weighted by Gasteiger charge is -2.06. The van der Waals surface area contributed by atoms with Gasteiger partial charge in [-0.25, -0.2) is 18.2 Å². The quantitative estimate of drug-likeness (QED) is 0.626. The van der Waals surface area contributed by atoms with Gasteiger partial charge in [-0.15, -0.1) is 11.3 Å². The minimum absolute atomic E-state index is 0.138. The van der Waals surface area contributed by atoms with Crippen LogP contribution in [0.1, 0.15) is 10.5 Å². The second-order valence-corrected chi connectivity index (χ2v) is 6.23. The lowest BCUT2D eigenvalue weighted by Crippen LogP contribution is -2.14. The number of nitro benzene ring substituents is 1. The Balaban J connectivity index is 2.32. The van der Waals surface area contributed by atoms with E-state index in [1.807, 2.05) is 0 Å². The molecule has 0 amide bonds. The number of nitrogens with zero attached hydrogens (tertiary/aromatic N) is 2. The molecule has 2 N–H and O–H groups in total. The fourth-order valence-electron chi connectivity index (χ4n) is 1.40. The third-order valence-corrected chi connectivity index (χ3v) is 4.59. The van der Waals surface area contributed by atoms with E-state index in [2.05, 4.69) is 9.71 Å². The highest BCUT2D eigenvalue weighted by molar-refractivity contribution is 7.93. The molecule has 21 heavy (non-hydrogen) atoms. The number of rotatable bonds is 5. The molecule has 9 nitrogen and oxygen atoms in total. The van der Waals surface area contributed by atoms with Crippen molar-refractivity contribution in [2.75, 3.05) is 4.72 Å². The maximum atomic E-state index is 12.1. The molecule has 0 saturated carbocycles. The first-order valence-corrected chi connectivity index (χ1v) is 7.61. The number of anilines is 1. The first-order chi connectivity index (χ1) is 9.81. The number of aromatic nitrogens is 1. The topological polar surface area (TPSA) is 140 Å². The van der Waals surface area contributed by atoms with Crippen molar-refractivity contribution in [3.8, 4) is 0 Å². The summed E-state index contributed by atoms with van der Waals surface area (Å²) < 4.78 is 26.2. The fraction of sp³-hybridized carbons (Fsp3) is 0. The van der Waals surface area contributed by atoms with Crippen molar-refractivity contribution in [1.29, 1.82) is 0 Å². The molecule has 0 aliphatic heterocycles. The summed E-state index contributed by atoms with van der Waals surface area (Å²) in [5.74, 6) is -1.36. The monoisotopic (exact) mass is 329 g/mol. The summed E-state index contributed by atoms with van der Waals surface area (Å²) in [6.07, 6.45) is 0.